The first-order valence-corrected chi connectivity index (χ1v) is 9.11. The third kappa shape index (κ3) is 5.64. The number of ether oxygens (including phenoxy) is 1. The Balaban J connectivity index is 1.71. The molecule has 24 heavy (non-hydrogen) atoms. The van der Waals surface area contributed by atoms with Crippen molar-refractivity contribution < 1.29 is 9.53 Å². The first-order chi connectivity index (χ1) is 11.5. The highest BCUT2D eigenvalue weighted by molar-refractivity contribution is 6.31. The molecule has 0 saturated heterocycles. The molecule has 1 N–H and O–H groups in total. The quantitative estimate of drug-likeness (QED) is 0.428. The lowest BCUT2D eigenvalue weighted by molar-refractivity contribution is 0.0600. The summed E-state index contributed by atoms with van der Waals surface area (Å²) in [6.45, 7) is 8.19. The number of esters is 1. The lowest BCUT2D eigenvalue weighted by atomic mass is 9.78. The lowest BCUT2D eigenvalue weighted by Gasteiger charge is -2.28. The van der Waals surface area contributed by atoms with Crippen LogP contribution < -0.4 is 5.32 Å². The van der Waals surface area contributed by atoms with E-state index in [1.54, 1.807) is 12.1 Å². The van der Waals surface area contributed by atoms with Crippen LogP contribution in [0.5, 0.6) is 0 Å². The van der Waals surface area contributed by atoms with Crippen LogP contribution in [-0.2, 0) is 11.3 Å². The zero-order valence-corrected chi connectivity index (χ0v) is 15.5. The van der Waals surface area contributed by atoms with Gasteiger partial charge in [0, 0.05) is 11.6 Å². The highest BCUT2D eigenvalue weighted by Crippen LogP contribution is 2.34. The maximum absolute atomic E-state index is 11.5. The molecule has 0 bridgehead atoms. The van der Waals surface area contributed by atoms with E-state index in [0.717, 1.165) is 23.9 Å². The van der Waals surface area contributed by atoms with Crippen molar-refractivity contribution in [3.63, 3.8) is 0 Å². The molecule has 1 aliphatic rings. The molecule has 1 saturated carbocycles. The number of halogens is 1. The van der Waals surface area contributed by atoms with Crippen molar-refractivity contribution in [2.45, 2.75) is 45.6 Å². The van der Waals surface area contributed by atoms with E-state index in [2.05, 4.69) is 18.8 Å². The largest absolute Gasteiger partial charge is 0.465 e. The van der Waals surface area contributed by atoms with Crippen molar-refractivity contribution in [3.05, 3.63) is 46.5 Å². The molecule has 2 rings (SSSR count). The summed E-state index contributed by atoms with van der Waals surface area (Å²) in [6, 6.07) is 5.30. The Kier molecular flexibility index (Phi) is 7.32. The van der Waals surface area contributed by atoms with Crippen LogP contribution in [0.3, 0.4) is 0 Å². The fourth-order valence-corrected chi connectivity index (χ4v) is 3.86. The molecule has 0 aromatic heterocycles. The van der Waals surface area contributed by atoms with Crippen molar-refractivity contribution in [3.8, 4) is 0 Å². The van der Waals surface area contributed by atoms with Gasteiger partial charge in [0.25, 0.3) is 0 Å². The summed E-state index contributed by atoms with van der Waals surface area (Å²) in [5.41, 5.74) is 2.91. The number of carbonyl (C=O) groups excluding carboxylic acids is 1. The predicted molar refractivity (Wildman–Crippen MR) is 99.4 cm³/mol. The van der Waals surface area contributed by atoms with E-state index >= 15 is 0 Å². The van der Waals surface area contributed by atoms with Gasteiger partial charge in [-0.15, -0.1) is 0 Å². The second kappa shape index (κ2) is 9.24. The zero-order valence-electron chi connectivity index (χ0n) is 14.7. The Labute approximate surface area is 150 Å². The number of carbonyl (C=O) groups is 1. The lowest BCUT2D eigenvalue weighted by Crippen LogP contribution is -2.19. The fourth-order valence-electron chi connectivity index (χ4n) is 3.61. The van der Waals surface area contributed by atoms with Gasteiger partial charge in [0.15, 0.2) is 0 Å². The van der Waals surface area contributed by atoms with Crippen LogP contribution in [-0.4, -0.2) is 19.6 Å². The summed E-state index contributed by atoms with van der Waals surface area (Å²) in [5.74, 6) is 1.22. The van der Waals surface area contributed by atoms with E-state index in [1.807, 2.05) is 6.07 Å². The first-order valence-electron chi connectivity index (χ1n) is 8.73. The zero-order chi connectivity index (χ0) is 17.5. The molecule has 2 atom stereocenters. The molecule has 2 unspecified atom stereocenters. The van der Waals surface area contributed by atoms with Crippen LogP contribution in [0.15, 0.2) is 30.4 Å². The van der Waals surface area contributed by atoms with Crippen molar-refractivity contribution in [2.24, 2.45) is 11.8 Å². The second-order valence-corrected chi connectivity index (χ2v) is 7.39. The summed E-state index contributed by atoms with van der Waals surface area (Å²) >= 11 is 6.24. The van der Waals surface area contributed by atoms with Gasteiger partial charge in [-0.25, -0.2) is 4.79 Å². The molecule has 1 aromatic rings. The number of allylic oxidation sites excluding steroid dienone is 1. The molecule has 0 radical (unpaired) electrons. The Morgan fingerprint density at radius 2 is 2.21 bits per heavy atom. The average molecular weight is 350 g/mol. The standard InChI is InChI=1S/C20H28ClNO2/c1-14-9-15(2)11-16(10-14)5-4-8-22-13-18-7-6-17(12-19(18)21)20(23)24-3/h6-7,12,15-16,22H,1,4-5,8-11,13H2,2-3H3. The van der Waals surface area contributed by atoms with Crippen molar-refractivity contribution in [1.82, 2.24) is 5.32 Å². The van der Waals surface area contributed by atoms with Crippen LogP contribution in [0.2, 0.25) is 5.02 Å². The van der Waals surface area contributed by atoms with Crippen LogP contribution in [0.25, 0.3) is 0 Å². The van der Waals surface area contributed by atoms with Gasteiger partial charge in [0.05, 0.1) is 12.7 Å². The summed E-state index contributed by atoms with van der Waals surface area (Å²) in [7, 11) is 1.37. The third-order valence-electron chi connectivity index (χ3n) is 4.71. The molecule has 0 aliphatic heterocycles. The number of hydrogen-bond acceptors (Lipinski definition) is 3. The number of rotatable bonds is 7. The highest BCUT2D eigenvalue weighted by atomic mass is 35.5. The van der Waals surface area contributed by atoms with Gasteiger partial charge in [0.2, 0.25) is 0 Å². The smallest absolute Gasteiger partial charge is 0.337 e. The van der Waals surface area contributed by atoms with E-state index in [9.17, 15) is 4.79 Å². The molecular formula is C20H28ClNO2. The minimum absolute atomic E-state index is 0.361. The molecule has 3 nitrogen and oxygen atoms in total. The van der Waals surface area contributed by atoms with Crippen molar-refractivity contribution in [2.75, 3.05) is 13.7 Å². The van der Waals surface area contributed by atoms with Gasteiger partial charge in [-0.3, -0.25) is 0 Å². The van der Waals surface area contributed by atoms with Gasteiger partial charge >= 0.3 is 5.97 Å². The molecule has 0 amide bonds. The molecule has 4 heteroatoms. The summed E-state index contributed by atoms with van der Waals surface area (Å²) in [4.78, 5) is 11.5. The maximum Gasteiger partial charge on any atom is 0.337 e. The van der Waals surface area contributed by atoms with Crippen LogP contribution in [0.1, 0.15) is 54.9 Å². The topological polar surface area (TPSA) is 38.3 Å². The molecule has 0 heterocycles. The average Bonchev–Trinajstić information content (AvgIpc) is 2.54. The van der Waals surface area contributed by atoms with Gasteiger partial charge in [-0.2, -0.15) is 0 Å². The second-order valence-electron chi connectivity index (χ2n) is 6.98. The van der Waals surface area contributed by atoms with Gasteiger partial charge in [-0.05, 0) is 68.2 Å². The number of hydrogen-bond donors (Lipinski definition) is 1. The normalized spacial score (nSPS) is 20.9. The number of methoxy groups -OCH3 is 1. The van der Waals surface area contributed by atoms with E-state index in [0.29, 0.717) is 17.1 Å². The fraction of sp³-hybridized carbons (Fsp3) is 0.550. The highest BCUT2D eigenvalue weighted by Gasteiger charge is 2.20. The van der Waals surface area contributed by atoms with Crippen molar-refractivity contribution >= 4 is 17.6 Å². The van der Waals surface area contributed by atoms with Crippen LogP contribution in [0.4, 0.5) is 0 Å². The maximum atomic E-state index is 11.5. The monoisotopic (exact) mass is 349 g/mol. The minimum atomic E-state index is -0.361. The SMILES string of the molecule is C=C1CC(C)CC(CCCNCc2ccc(C(=O)OC)cc2Cl)C1. The van der Waals surface area contributed by atoms with Gasteiger partial charge < -0.3 is 10.1 Å². The van der Waals surface area contributed by atoms with Crippen LogP contribution in [0, 0.1) is 11.8 Å². The number of nitrogens with one attached hydrogen (secondary N) is 1. The predicted octanol–water partition coefficient (Wildman–Crippen LogP) is 4.99. The molecule has 1 fully saturated rings. The number of benzene rings is 1. The van der Waals surface area contributed by atoms with Gasteiger partial charge in [-0.1, -0.05) is 36.7 Å². The summed E-state index contributed by atoms with van der Waals surface area (Å²) in [6.07, 6.45) is 6.16. The van der Waals surface area contributed by atoms with E-state index in [-0.39, 0.29) is 5.97 Å². The van der Waals surface area contributed by atoms with Crippen LogP contribution >= 0.6 is 11.6 Å². The molecule has 1 aromatic carbocycles. The Hall–Kier alpha value is -1.32. The Morgan fingerprint density at radius 1 is 1.42 bits per heavy atom. The molecule has 1 aliphatic carbocycles. The van der Waals surface area contributed by atoms with Gasteiger partial charge in [0.1, 0.15) is 0 Å². The Morgan fingerprint density at radius 3 is 2.88 bits per heavy atom. The first kappa shape index (κ1) is 19.0. The third-order valence-corrected chi connectivity index (χ3v) is 5.06. The van der Waals surface area contributed by atoms with E-state index < -0.39 is 0 Å². The van der Waals surface area contributed by atoms with E-state index in [1.165, 1.54) is 44.8 Å². The molecular weight excluding hydrogens is 322 g/mol. The molecule has 132 valence electrons. The minimum Gasteiger partial charge on any atom is -0.465 e. The van der Waals surface area contributed by atoms with Crippen molar-refractivity contribution in [1.29, 1.82) is 0 Å². The van der Waals surface area contributed by atoms with E-state index in [4.69, 9.17) is 16.3 Å². The molecule has 0 spiro atoms. The Bertz CT molecular complexity index is 585. The summed E-state index contributed by atoms with van der Waals surface area (Å²) in [5, 5.41) is 4.04. The summed E-state index contributed by atoms with van der Waals surface area (Å²) < 4.78 is 4.70.